The topological polar surface area (TPSA) is 45.8 Å². The Morgan fingerprint density at radius 3 is 2.93 bits per heavy atom. The molecule has 1 N–H and O–H groups in total. The normalized spacial score (nSPS) is 10.3. The van der Waals surface area contributed by atoms with Crippen molar-refractivity contribution >= 4 is 0 Å². The lowest BCUT2D eigenvalue weighted by atomic mass is 10.1. The third-order valence-corrected chi connectivity index (χ3v) is 2.08. The van der Waals surface area contributed by atoms with Crippen LogP contribution in [0.5, 0.6) is 0 Å². The minimum Gasteiger partial charge on any atom is -0.326 e. The molecule has 1 heterocycles. The predicted molar refractivity (Wildman–Crippen MR) is 55.0 cm³/mol. The standard InChI is InChI=1S/C11H9FN2O/c1-7-2-3-9(12)8(6-7)10-11(15)14-5-4-13-10/h2-6H,1H3,(H,14,15). The number of aromatic nitrogens is 2. The van der Waals surface area contributed by atoms with E-state index in [1.165, 1.54) is 18.5 Å². The summed E-state index contributed by atoms with van der Waals surface area (Å²) in [6, 6.07) is 4.58. The molecular formula is C11H9FN2O. The zero-order valence-electron chi connectivity index (χ0n) is 8.12. The van der Waals surface area contributed by atoms with E-state index in [2.05, 4.69) is 9.97 Å². The molecule has 4 heteroatoms. The van der Waals surface area contributed by atoms with Crippen LogP contribution >= 0.6 is 0 Å². The van der Waals surface area contributed by atoms with E-state index in [0.29, 0.717) is 0 Å². The summed E-state index contributed by atoms with van der Waals surface area (Å²) < 4.78 is 13.4. The molecule has 0 fully saturated rings. The summed E-state index contributed by atoms with van der Waals surface area (Å²) in [7, 11) is 0. The summed E-state index contributed by atoms with van der Waals surface area (Å²) in [4.78, 5) is 17.7. The number of aryl methyl sites for hydroxylation is 1. The molecule has 3 nitrogen and oxygen atoms in total. The molecule has 2 aromatic rings. The number of aromatic amines is 1. The van der Waals surface area contributed by atoms with Gasteiger partial charge in [0, 0.05) is 18.0 Å². The minimum atomic E-state index is -0.440. The molecule has 0 aliphatic carbocycles. The maximum Gasteiger partial charge on any atom is 0.274 e. The first-order valence-electron chi connectivity index (χ1n) is 4.48. The molecule has 0 saturated heterocycles. The Labute approximate surface area is 85.6 Å². The Morgan fingerprint density at radius 1 is 1.40 bits per heavy atom. The maximum atomic E-state index is 13.4. The molecule has 0 aliphatic heterocycles. The number of halogens is 1. The summed E-state index contributed by atoms with van der Waals surface area (Å²) in [6.07, 6.45) is 2.85. The maximum absolute atomic E-state index is 13.4. The highest BCUT2D eigenvalue weighted by Gasteiger charge is 2.09. The van der Waals surface area contributed by atoms with Gasteiger partial charge in [0.2, 0.25) is 0 Å². The van der Waals surface area contributed by atoms with Crippen molar-refractivity contribution in [3.63, 3.8) is 0 Å². The lowest BCUT2D eigenvalue weighted by Gasteiger charge is -2.02. The lowest BCUT2D eigenvalue weighted by molar-refractivity contribution is 0.630. The van der Waals surface area contributed by atoms with Gasteiger partial charge < -0.3 is 4.98 Å². The molecule has 0 saturated carbocycles. The van der Waals surface area contributed by atoms with E-state index in [4.69, 9.17) is 0 Å². The molecular weight excluding hydrogens is 195 g/mol. The summed E-state index contributed by atoms with van der Waals surface area (Å²) in [6.45, 7) is 1.83. The quantitative estimate of drug-likeness (QED) is 0.770. The van der Waals surface area contributed by atoms with Crippen LogP contribution in [0.3, 0.4) is 0 Å². The minimum absolute atomic E-state index is 0.110. The highest BCUT2D eigenvalue weighted by atomic mass is 19.1. The van der Waals surface area contributed by atoms with Crippen LogP contribution in [0.4, 0.5) is 4.39 Å². The van der Waals surface area contributed by atoms with E-state index in [0.717, 1.165) is 5.56 Å². The van der Waals surface area contributed by atoms with Gasteiger partial charge in [0.1, 0.15) is 11.5 Å². The van der Waals surface area contributed by atoms with Gasteiger partial charge in [-0.3, -0.25) is 4.79 Å². The number of H-pyrrole nitrogens is 1. The molecule has 0 radical (unpaired) electrons. The fourth-order valence-electron chi connectivity index (χ4n) is 1.36. The molecule has 0 bridgehead atoms. The van der Waals surface area contributed by atoms with E-state index >= 15 is 0 Å². The van der Waals surface area contributed by atoms with Crippen molar-refractivity contribution in [2.45, 2.75) is 6.92 Å². The Bertz CT molecular complexity index is 548. The second-order valence-electron chi connectivity index (χ2n) is 3.25. The van der Waals surface area contributed by atoms with Gasteiger partial charge in [0.15, 0.2) is 0 Å². The van der Waals surface area contributed by atoms with Crippen molar-refractivity contribution in [1.82, 2.24) is 9.97 Å². The molecule has 0 atom stereocenters. The molecule has 0 unspecified atom stereocenters. The third-order valence-electron chi connectivity index (χ3n) is 2.08. The molecule has 0 spiro atoms. The highest BCUT2D eigenvalue weighted by Crippen LogP contribution is 2.18. The van der Waals surface area contributed by atoms with Crippen LogP contribution in [0.1, 0.15) is 5.56 Å². The van der Waals surface area contributed by atoms with Gasteiger partial charge in [-0.1, -0.05) is 11.6 Å². The van der Waals surface area contributed by atoms with Crippen LogP contribution in [-0.4, -0.2) is 9.97 Å². The van der Waals surface area contributed by atoms with Gasteiger partial charge >= 0.3 is 0 Å². The number of hydrogen-bond acceptors (Lipinski definition) is 2. The molecule has 0 amide bonds. The molecule has 1 aromatic heterocycles. The second-order valence-corrected chi connectivity index (χ2v) is 3.25. The highest BCUT2D eigenvalue weighted by molar-refractivity contribution is 5.59. The number of nitrogens with one attached hydrogen (secondary N) is 1. The van der Waals surface area contributed by atoms with Crippen molar-refractivity contribution in [2.24, 2.45) is 0 Å². The van der Waals surface area contributed by atoms with Gasteiger partial charge in [0.05, 0.1) is 0 Å². The van der Waals surface area contributed by atoms with E-state index in [-0.39, 0.29) is 16.8 Å². The first kappa shape index (κ1) is 9.58. The van der Waals surface area contributed by atoms with Crippen LogP contribution in [0, 0.1) is 12.7 Å². The van der Waals surface area contributed by atoms with Crippen molar-refractivity contribution in [3.05, 3.63) is 52.3 Å². The van der Waals surface area contributed by atoms with E-state index in [1.54, 1.807) is 12.1 Å². The average molecular weight is 204 g/mol. The fraction of sp³-hybridized carbons (Fsp3) is 0.0909. The van der Waals surface area contributed by atoms with Crippen LogP contribution in [0.25, 0.3) is 11.3 Å². The van der Waals surface area contributed by atoms with Gasteiger partial charge in [-0.25, -0.2) is 9.37 Å². The van der Waals surface area contributed by atoms with Gasteiger partial charge in [0.25, 0.3) is 5.56 Å². The average Bonchev–Trinajstić information content (AvgIpc) is 2.23. The van der Waals surface area contributed by atoms with E-state index in [9.17, 15) is 9.18 Å². The molecule has 15 heavy (non-hydrogen) atoms. The Morgan fingerprint density at radius 2 is 2.20 bits per heavy atom. The monoisotopic (exact) mass is 204 g/mol. The first-order valence-corrected chi connectivity index (χ1v) is 4.48. The van der Waals surface area contributed by atoms with Gasteiger partial charge in [-0.05, 0) is 19.1 Å². The zero-order valence-corrected chi connectivity index (χ0v) is 8.12. The van der Waals surface area contributed by atoms with Crippen molar-refractivity contribution in [3.8, 4) is 11.3 Å². The summed E-state index contributed by atoms with van der Waals surface area (Å²) in [5, 5.41) is 0. The lowest BCUT2D eigenvalue weighted by Crippen LogP contribution is -2.10. The third kappa shape index (κ3) is 1.79. The van der Waals surface area contributed by atoms with Crippen LogP contribution in [0.2, 0.25) is 0 Å². The van der Waals surface area contributed by atoms with Crippen LogP contribution in [-0.2, 0) is 0 Å². The summed E-state index contributed by atoms with van der Waals surface area (Å²) >= 11 is 0. The number of rotatable bonds is 1. The van der Waals surface area contributed by atoms with Crippen molar-refractivity contribution in [1.29, 1.82) is 0 Å². The molecule has 2 rings (SSSR count). The summed E-state index contributed by atoms with van der Waals surface area (Å²) in [5.74, 6) is -0.440. The predicted octanol–water partition coefficient (Wildman–Crippen LogP) is 1.88. The largest absolute Gasteiger partial charge is 0.326 e. The Balaban J connectivity index is 2.69. The summed E-state index contributed by atoms with van der Waals surface area (Å²) in [5.41, 5.74) is 0.842. The SMILES string of the molecule is Cc1ccc(F)c(-c2ncc[nH]c2=O)c1. The smallest absolute Gasteiger partial charge is 0.274 e. The number of nitrogens with zero attached hydrogens (tertiary/aromatic N) is 1. The fourth-order valence-corrected chi connectivity index (χ4v) is 1.36. The molecule has 0 aliphatic rings. The van der Waals surface area contributed by atoms with E-state index in [1.807, 2.05) is 6.92 Å². The second kappa shape index (κ2) is 3.65. The van der Waals surface area contributed by atoms with Gasteiger partial charge in [-0.2, -0.15) is 0 Å². The Kier molecular flexibility index (Phi) is 2.33. The van der Waals surface area contributed by atoms with E-state index < -0.39 is 5.82 Å². The van der Waals surface area contributed by atoms with Crippen LogP contribution < -0.4 is 5.56 Å². The molecule has 76 valence electrons. The van der Waals surface area contributed by atoms with Crippen LogP contribution in [0.15, 0.2) is 35.4 Å². The van der Waals surface area contributed by atoms with Crippen molar-refractivity contribution < 1.29 is 4.39 Å². The van der Waals surface area contributed by atoms with Crippen molar-refractivity contribution in [2.75, 3.05) is 0 Å². The molecule has 1 aromatic carbocycles. The van der Waals surface area contributed by atoms with Gasteiger partial charge in [-0.15, -0.1) is 0 Å². The number of hydrogen-bond donors (Lipinski definition) is 1. The Hall–Kier alpha value is -1.97. The number of benzene rings is 1. The zero-order chi connectivity index (χ0) is 10.8. The first-order chi connectivity index (χ1) is 7.18.